The zero-order valence-electron chi connectivity index (χ0n) is 13.0. The van der Waals surface area contributed by atoms with Gasteiger partial charge in [-0.3, -0.25) is 4.79 Å². The highest BCUT2D eigenvalue weighted by Crippen LogP contribution is 2.20. The molecule has 1 aromatic carbocycles. The molecular formula is C16H26N2OS. The second kappa shape index (κ2) is 9.03. The number of hydrogen-bond donors (Lipinski definition) is 1. The van der Waals surface area contributed by atoms with Crippen molar-refractivity contribution in [2.75, 3.05) is 19.8 Å². The van der Waals surface area contributed by atoms with Crippen LogP contribution in [0.15, 0.2) is 29.2 Å². The van der Waals surface area contributed by atoms with E-state index in [1.165, 1.54) is 10.5 Å². The predicted molar refractivity (Wildman–Crippen MR) is 87.1 cm³/mol. The molecule has 4 heteroatoms. The molecule has 1 N–H and O–H groups in total. The van der Waals surface area contributed by atoms with E-state index < -0.39 is 0 Å². The predicted octanol–water partition coefficient (Wildman–Crippen LogP) is 3.15. The molecule has 0 heterocycles. The van der Waals surface area contributed by atoms with Crippen LogP contribution in [-0.4, -0.2) is 36.7 Å². The average molecular weight is 294 g/mol. The van der Waals surface area contributed by atoms with Gasteiger partial charge in [0.2, 0.25) is 5.91 Å². The monoisotopic (exact) mass is 294 g/mol. The lowest BCUT2D eigenvalue weighted by atomic mass is 10.2. The summed E-state index contributed by atoms with van der Waals surface area (Å²) in [6.07, 6.45) is 1.56. The molecule has 3 nitrogen and oxygen atoms in total. The summed E-state index contributed by atoms with van der Waals surface area (Å²) < 4.78 is 0. The van der Waals surface area contributed by atoms with E-state index in [-0.39, 0.29) is 5.91 Å². The standard InChI is InChI=1S/C16H26N2OS/c1-13(2)17-12-14-7-5-8-15(11-14)20-10-6-9-16(19)18(3)4/h5,7-8,11,13,17H,6,9-10,12H2,1-4H3. The molecule has 1 aromatic rings. The van der Waals surface area contributed by atoms with Crippen LogP contribution in [0, 0.1) is 0 Å². The van der Waals surface area contributed by atoms with Crippen molar-refractivity contribution < 1.29 is 4.79 Å². The number of hydrogen-bond acceptors (Lipinski definition) is 3. The van der Waals surface area contributed by atoms with Crippen molar-refractivity contribution in [2.24, 2.45) is 0 Å². The Bertz CT molecular complexity index is 419. The summed E-state index contributed by atoms with van der Waals surface area (Å²) in [5.41, 5.74) is 1.31. The van der Waals surface area contributed by atoms with Crippen LogP contribution in [0.4, 0.5) is 0 Å². The highest BCUT2D eigenvalue weighted by Gasteiger charge is 2.03. The third-order valence-electron chi connectivity index (χ3n) is 2.92. The third kappa shape index (κ3) is 6.96. The van der Waals surface area contributed by atoms with Crippen LogP contribution < -0.4 is 5.32 Å². The third-order valence-corrected chi connectivity index (χ3v) is 4.00. The van der Waals surface area contributed by atoms with E-state index in [1.54, 1.807) is 19.0 Å². The van der Waals surface area contributed by atoms with Crippen molar-refractivity contribution in [3.8, 4) is 0 Å². The Hall–Kier alpha value is -1.00. The van der Waals surface area contributed by atoms with Gasteiger partial charge in [0.25, 0.3) is 0 Å². The van der Waals surface area contributed by atoms with Gasteiger partial charge in [-0.15, -0.1) is 11.8 Å². The van der Waals surface area contributed by atoms with Crippen molar-refractivity contribution in [3.63, 3.8) is 0 Å². The summed E-state index contributed by atoms with van der Waals surface area (Å²) in [4.78, 5) is 14.4. The Morgan fingerprint density at radius 3 is 2.75 bits per heavy atom. The molecule has 20 heavy (non-hydrogen) atoms. The van der Waals surface area contributed by atoms with E-state index in [1.807, 2.05) is 11.8 Å². The van der Waals surface area contributed by atoms with Crippen LogP contribution in [0.2, 0.25) is 0 Å². The molecule has 112 valence electrons. The maximum absolute atomic E-state index is 11.5. The molecule has 0 saturated carbocycles. The number of benzene rings is 1. The molecule has 1 rings (SSSR count). The molecule has 0 aromatic heterocycles. The lowest BCUT2D eigenvalue weighted by molar-refractivity contribution is -0.128. The van der Waals surface area contributed by atoms with Crippen molar-refractivity contribution in [3.05, 3.63) is 29.8 Å². The van der Waals surface area contributed by atoms with Crippen molar-refractivity contribution in [1.82, 2.24) is 10.2 Å². The molecule has 0 atom stereocenters. The normalized spacial score (nSPS) is 10.8. The van der Waals surface area contributed by atoms with Crippen molar-refractivity contribution in [1.29, 1.82) is 0 Å². The molecule has 0 aliphatic heterocycles. The number of nitrogens with one attached hydrogen (secondary N) is 1. The second-order valence-electron chi connectivity index (χ2n) is 5.42. The van der Waals surface area contributed by atoms with E-state index in [9.17, 15) is 4.79 Å². The van der Waals surface area contributed by atoms with Gasteiger partial charge in [0.15, 0.2) is 0 Å². The average Bonchev–Trinajstić information content (AvgIpc) is 2.41. The maximum Gasteiger partial charge on any atom is 0.222 e. The highest BCUT2D eigenvalue weighted by molar-refractivity contribution is 7.99. The van der Waals surface area contributed by atoms with Crippen LogP contribution in [-0.2, 0) is 11.3 Å². The number of rotatable bonds is 8. The summed E-state index contributed by atoms with van der Waals surface area (Å²) in [5.74, 6) is 1.20. The Morgan fingerprint density at radius 1 is 1.35 bits per heavy atom. The van der Waals surface area contributed by atoms with Gasteiger partial charge in [-0.2, -0.15) is 0 Å². The molecule has 0 aliphatic rings. The molecular weight excluding hydrogens is 268 g/mol. The van der Waals surface area contributed by atoms with Crippen molar-refractivity contribution in [2.45, 2.75) is 44.2 Å². The lowest BCUT2D eigenvalue weighted by Gasteiger charge is -2.10. The Kier molecular flexibility index (Phi) is 7.70. The molecule has 0 fully saturated rings. The topological polar surface area (TPSA) is 32.3 Å². The van der Waals surface area contributed by atoms with Gasteiger partial charge in [-0.1, -0.05) is 26.0 Å². The van der Waals surface area contributed by atoms with E-state index in [2.05, 4.69) is 43.4 Å². The molecule has 0 radical (unpaired) electrons. The molecule has 0 unspecified atom stereocenters. The number of amides is 1. The van der Waals surface area contributed by atoms with Gasteiger partial charge < -0.3 is 10.2 Å². The minimum absolute atomic E-state index is 0.209. The number of carbonyl (C=O) groups excluding carboxylic acids is 1. The largest absolute Gasteiger partial charge is 0.349 e. The minimum atomic E-state index is 0.209. The Balaban J connectivity index is 2.33. The molecule has 0 saturated heterocycles. The first kappa shape index (κ1) is 17.1. The minimum Gasteiger partial charge on any atom is -0.349 e. The Morgan fingerprint density at radius 2 is 2.10 bits per heavy atom. The van der Waals surface area contributed by atoms with Crippen LogP contribution in [0.25, 0.3) is 0 Å². The van der Waals surface area contributed by atoms with Gasteiger partial charge in [-0.05, 0) is 29.9 Å². The number of nitrogens with zero attached hydrogens (tertiary/aromatic N) is 1. The summed E-state index contributed by atoms with van der Waals surface area (Å²) in [6, 6.07) is 9.12. The van der Waals surface area contributed by atoms with E-state index in [4.69, 9.17) is 0 Å². The van der Waals surface area contributed by atoms with Crippen LogP contribution in [0.1, 0.15) is 32.3 Å². The van der Waals surface area contributed by atoms with Crippen LogP contribution >= 0.6 is 11.8 Å². The first-order valence-electron chi connectivity index (χ1n) is 7.14. The molecule has 0 spiro atoms. The number of thioether (sulfide) groups is 1. The smallest absolute Gasteiger partial charge is 0.222 e. The summed E-state index contributed by atoms with van der Waals surface area (Å²) in [7, 11) is 3.61. The van der Waals surface area contributed by atoms with Crippen LogP contribution in [0.3, 0.4) is 0 Å². The number of carbonyl (C=O) groups is 1. The Labute approximate surface area is 127 Å². The van der Waals surface area contributed by atoms with E-state index in [0.717, 1.165) is 18.7 Å². The zero-order valence-corrected chi connectivity index (χ0v) is 13.8. The fraction of sp³-hybridized carbons (Fsp3) is 0.562. The highest BCUT2D eigenvalue weighted by atomic mass is 32.2. The van der Waals surface area contributed by atoms with Gasteiger partial charge in [0.05, 0.1) is 0 Å². The van der Waals surface area contributed by atoms with Crippen LogP contribution in [0.5, 0.6) is 0 Å². The summed E-state index contributed by atoms with van der Waals surface area (Å²) in [6.45, 7) is 5.21. The van der Waals surface area contributed by atoms with Gasteiger partial charge in [0, 0.05) is 38.0 Å². The summed E-state index contributed by atoms with van der Waals surface area (Å²) >= 11 is 1.82. The first-order valence-corrected chi connectivity index (χ1v) is 8.13. The fourth-order valence-electron chi connectivity index (χ4n) is 1.70. The molecule has 1 amide bonds. The SMILES string of the molecule is CC(C)NCc1cccc(SCCCC(=O)N(C)C)c1. The molecule has 0 bridgehead atoms. The fourth-order valence-corrected chi connectivity index (χ4v) is 2.64. The van der Waals surface area contributed by atoms with E-state index >= 15 is 0 Å². The quantitative estimate of drug-likeness (QED) is 0.590. The maximum atomic E-state index is 11.5. The molecule has 0 aliphatic carbocycles. The van der Waals surface area contributed by atoms with Gasteiger partial charge in [0.1, 0.15) is 0 Å². The van der Waals surface area contributed by atoms with Crippen molar-refractivity contribution >= 4 is 17.7 Å². The van der Waals surface area contributed by atoms with Gasteiger partial charge in [-0.25, -0.2) is 0 Å². The van der Waals surface area contributed by atoms with Gasteiger partial charge >= 0.3 is 0 Å². The van der Waals surface area contributed by atoms with E-state index in [0.29, 0.717) is 12.5 Å². The second-order valence-corrected chi connectivity index (χ2v) is 6.59. The first-order chi connectivity index (χ1) is 9.49. The zero-order chi connectivity index (χ0) is 15.0. The lowest BCUT2D eigenvalue weighted by Crippen LogP contribution is -2.21. The summed E-state index contributed by atoms with van der Waals surface area (Å²) in [5, 5.41) is 3.42.